The monoisotopic (exact) mass is 365 g/mol. The van der Waals surface area contributed by atoms with Crippen LogP contribution in [-0.2, 0) is 19.1 Å². The largest absolute Gasteiger partial charge is 0.399 e. The number of rotatable bonds is 2. The Bertz CT molecular complexity index is 877. The first kappa shape index (κ1) is 17.2. The number of ether oxygens (including phenoxy) is 2. The molecule has 4 rings (SSSR count). The molecule has 2 aliphatic rings. The third-order valence-electron chi connectivity index (χ3n) is 4.60. The van der Waals surface area contributed by atoms with E-state index in [4.69, 9.17) is 9.47 Å². The normalized spacial score (nSPS) is 19.5. The highest BCUT2D eigenvalue weighted by atomic mass is 16.8. The average molecular weight is 365 g/mol. The maximum Gasteiger partial charge on any atom is 0.356 e. The lowest BCUT2D eigenvalue weighted by Crippen LogP contribution is -2.65. The number of piperazine rings is 1. The predicted octanol–water partition coefficient (Wildman–Crippen LogP) is 1.81. The van der Waals surface area contributed by atoms with E-state index in [9.17, 15) is 9.59 Å². The van der Waals surface area contributed by atoms with Gasteiger partial charge in [0.25, 0.3) is 0 Å². The number of esters is 2. The minimum absolute atomic E-state index is 0.238. The first-order chi connectivity index (χ1) is 13.1. The van der Waals surface area contributed by atoms with Gasteiger partial charge < -0.3 is 9.47 Å². The number of hydrogen-bond acceptors (Lipinski definition) is 7. The van der Waals surface area contributed by atoms with Crippen LogP contribution < -0.4 is 4.90 Å². The van der Waals surface area contributed by atoms with E-state index in [0.29, 0.717) is 12.2 Å². The summed E-state index contributed by atoms with van der Waals surface area (Å²) in [6.07, 6.45) is 5.62. The van der Waals surface area contributed by atoms with Gasteiger partial charge in [-0.05, 0) is 18.7 Å². The first-order valence-corrected chi connectivity index (χ1v) is 8.66. The number of nitrogens with zero attached hydrogens (tertiary/aromatic N) is 3. The maximum absolute atomic E-state index is 12.1. The van der Waals surface area contributed by atoms with E-state index in [1.807, 2.05) is 48.3 Å². The Labute approximate surface area is 156 Å². The molecule has 0 N–H and O–H groups in total. The number of benzene rings is 1. The second kappa shape index (κ2) is 6.85. The van der Waals surface area contributed by atoms with Crippen LogP contribution in [-0.4, -0.2) is 54.4 Å². The van der Waals surface area contributed by atoms with Gasteiger partial charge in [0, 0.05) is 37.0 Å². The van der Waals surface area contributed by atoms with Gasteiger partial charge in [-0.2, -0.15) is 0 Å². The van der Waals surface area contributed by atoms with Gasteiger partial charge in [0.05, 0.1) is 18.4 Å². The van der Waals surface area contributed by atoms with Crippen molar-refractivity contribution in [3.63, 3.8) is 0 Å². The van der Waals surface area contributed by atoms with Crippen LogP contribution in [0.2, 0.25) is 0 Å². The molecule has 3 heterocycles. The number of aromatic nitrogens is 1. The molecule has 0 aliphatic carbocycles. The van der Waals surface area contributed by atoms with Gasteiger partial charge in [-0.15, -0.1) is 0 Å². The maximum atomic E-state index is 12.1. The topological polar surface area (TPSA) is 72.0 Å². The van der Waals surface area contributed by atoms with E-state index in [-0.39, 0.29) is 6.54 Å². The van der Waals surface area contributed by atoms with Crippen LogP contribution in [0.15, 0.2) is 60.9 Å². The van der Waals surface area contributed by atoms with Gasteiger partial charge >= 0.3 is 17.8 Å². The Morgan fingerprint density at radius 2 is 1.67 bits per heavy atom. The van der Waals surface area contributed by atoms with E-state index in [1.165, 1.54) is 0 Å². The quantitative estimate of drug-likeness (QED) is 0.752. The van der Waals surface area contributed by atoms with Gasteiger partial charge in [-0.25, -0.2) is 9.59 Å². The van der Waals surface area contributed by atoms with Crippen molar-refractivity contribution in [2.45, 2.75) is 5.91 Å². The van der Waals surface area contributed by atoms with Crippen LogP contribution in [0.25, 0.3) is 11.1 Å². The standard InChI is InChI=1S/C20H19N3O4/c1-22-9-10-23(20(14-22)26-18(24)7-8-19(25)27-20)17-11-16(12-21-13-17)15-5-3-2-4-6-15/h2-8,11-13H,9-10,14H2,1H3. The Morgan fingerprint density at radius 1 is 0.963 bits per heavy atom. The number of anilines is 1. The lowest BCUT2D eigenvalue weighted by atomic mass is 10.1. The predicted molar refractivity (Wildman–Crippen MR) is 98.6 cm³/mol. The summed E-state index contributed by atoms with van der Waals surface area (Å²) in [5, 5.41) is 0. The number of carbonyl (C=O) groups excluding carboxylic acids is 2. The van der Waals surface area contributed by atoms with Crippen LogP contribution in [0.3, 0.4) is 0 Å². The summed E-state index contributed by atoms with van der Waals surface area (Å²) < 4.78 is 11.2. The number of likely N-dealkylation sites (N-methyl/N-ethyl adjacent to an activating group) is 1. The minimum Gasteiger partial charge on any atom is -0.399 e. The van der Waals surface area contributed by atoms with Crippen molar-refractivity contribution in [3.8, 4) is 11.1 Å². The molecule has 1 saturated heterocycles. The second-order valence-corrected chi connectivity index (χ2v) is 6.58. The second-order valence-electron chi connectivity index (χ2n) is 6.58. The molecule has 27 heavy (non-hydrogen) atoms. The van der Waals surface area contributed by atoms with Crippen LogP contribution in [0.5, 0.6) is 0 Å². The van der Waals surface area contributed by atoms with Crippen LogP contribution in [0.1, 0.15) is 0 Å². The van der Waals surface area contributed by atoms with Crippen LogP contribution in [0.4, 0.5) is 5.69 Å². The Morgan fingerprint density at radius 3 is 2.37 bits per heavy atom. The Balaban J connectivity index is 1.75. The third-order valence-corrected chi connectivity index (χ3v) is 4.60. The van der Waals surface area contributed by atoms with Crippen LogP contribution in [0, 0.1) is 0 Å². The van der Waals surface area contributed by atoms with Crippen molar-refractivity contribution >= 4 is 17.6 Å². The lowest BCUT2D eigenvalue weighted by Gasteiger charge is -2.47. The van der Waals surface area contributed by atoms with Crippen molar-refractivity contribution in [1.29, 1.82) is 0 Å². The molecule has 0 bridgehead atoms. The molecule has 1 spiro atoms. The van der Waals surface area contributed by atoms with E-state index >= 15 is 0 Å². The molecule has 1 aromatic heterocycles. The molecule has 138 valence electrons. The van der Waals surface area contributed by atoms with E-state index in [0.717, 1.165) is 29.8 Å². The summed E-state index contributed by atoms with van der Waals surface area (Å²) in [4.78, 5) is 32.2. The minimum atomic E-state index is -1.53. The smallest absolute Gasteiger partial charge is 0.356 e. The third kappa shape index (κ3) is 3.41. The van der Waals surface area contributed by atoms with Crippen molar-refractivity contribution in [2.24, 2.45) is 0 Å². The summed E-state index contributed by atoms with van der Waals surface area (Å²) in [6, 6.07) is 11.8. The molecule has 1 fully saturated rings. The van der Waals surface area contributed by atoms with Gasteiger partial charge in [0.15, 0.2) is 0 Å². The van der Waals surface area contributed by atoms with E-state index in [2.05, 4.69) is 4.98 Å². The van der Waals surface area contributed by atoms with Crippen molar-refractivity contribution in [3.05, 3.63) is 60.9 Å². The number of carbonyl (C=O) groups is 2. The van der Waals surface area contributed by atoms with Gasteiger partial charge in [0.2, 0.25) is 0 Å². The fourth-order valence-corrected chi connectivity index (χ4v) is 3.35. The molecule has 2 aliphatic heterocycles. The molecule has 2 aromatic rings. The molecule has 0 radical (unpaired) electrons. The van der Waals surface area contributed by atoms with E-state index < -0.39 is 17.8 Å². The molecular weight excluding hydrogens is 346 g/mol. The molecule has 7 heteroatoms. The number of hydrogen-bond donors (Lipinski definition) is 0. The molecule has 0 saturated carbocycles. The fourth-order valence-electron chi connectivity index (χ4n) is 3.35. The zero-order chi connectivity index (χ0) is 18.9. The molecule has 7 nitrogen and oxygen atoms in total. The lowest BCUT2D eigenvalue weighted by molar-refractivity contribution is -0.230. The zero-order valence-electron chi connectivity index (χ0n) is 14.9. The Kier molecular flexibility index (Phi) is 4.37. The Hall–Kier alpha value is -3.19. The van der Waals surface area contributed by atoms with Crippen molar-refractivity contribution < 1.29 is 19.1 Å². The first-order valence-electron chi connectivity index (χ1n) is 8.66. The average Bonchev–Trinajstić information content (AvgIpc) is 2.80. The summed E-state index contributed by atoms with van der Waals surface area (Å²) >= 11 is 0. The van der Waals surface area contributed by atoms with Gasteiger partial charge in [0.1, 0.15) is 0 Å². The van der Waals surface area contributed by atoms with Crippen LogP contribution >= 0.6 is 0 Å². The molecule has 0 amide bonds. The van der Waals surface area contributed by atoms with Crippen molar-refractivity contribution in [1.82, 2.24) is 9.88 Å². The summed E-state index contributed by atoms with van der Waals surface area (Å²) in [5.74, 6) is -2.76. The molecule has 0 atom stereocenters. The fraction of sp³-hybridized carbons (Fsp3) is 0.250. The summed E-state index contributed by atoms with van der Waals surface area (Å²) in [7, 11) is 1.89. The SMILES string of the molecule is CN1CCN(c2cncc(-c3ccccc3)c2)C2(C1)OC(=O)C=CC(=O)O2. The van der Waals surface area contributed by atoms with Gasteiger partial charge in [-0.3, -0.25) is 14.8 Å². The zero-order valence-corrected chi connectivity index (χ0v) is 14.9. The van der Waals surface area contributed by atoms with Crippen molar-refractivity contribution in [2.75, 3.05) is 31.6 Å². The molecule has 1 aromatic carbocycles. The number of pyridine rings is 1. The molecular formula is C20H19N3O4. The highest BCUT2D eigenvalue weighted by Gasteiger charge is 2.49. The summed E-state index contributed by atoms with van der Waals surface area (Å²) in [5.41, 5.74) is 2.66. The highest BCUT2D eigenvalue weighted by Crippen LogP contribution is 2.33. The molecule has 0 unspecified atom stereocenters. The van der Waals surface area contributed by atoms with E-state index in [1.54, 1.807) is 17.3 Å². The highest BCUT2D eigenvalue weighted by molar-refractivity contribution is 5.93. The van der Waals surface area contributed by atoms with Gasteiger partial charge in [-0.1, -0.05) is 30.3 Å². The summed E-state index contributed by atoms with van der Waals surface area (Å²) in [6.45, 7) is 1.47.